The van der Waals surface area contributed by atoms with Gasteiger partial charge in [0, 0.05) is 36.6 Å². The zero-order valence-electron chi connectivity index (χ0n) is 15.0. The molecule has 0 amide bonds. The van der Waals surface area contributed by atoms with E-state index in [0.717, 1.165) is 30.3 Å². The van der Waals surface area contributed by atoms with Gasteiger partial charge in [0.15, 0.2) is 5.96 Å². The maximum atomic E-state index is 5.91. The third-order valence-electron chi connectivity index (χ3n) is 4.42. The normalized spacial score (nSPS) is 23.6. The third kappa shape index (κ3) is 4.51. The van der Waals surface area contributed by atoms with E-state index in [9.17, 15) is 0 Å². The largest absolute Gasteiger partial charge is 0.494 e. The number of hydrogen-bond acceptors (Lipinski definition) is 3. The Bertz CT molecular complexity index is 684. The second-order valence-corrected chi connectivity index (χ2v) is 6.29. The Kier molecular flexibility index (Phi) is 6.82. The number of nitrogens with zero attached hydrogens (tertiary/aromatic N) is 1. The van der Waals surface area contributed by atoms with E-state index in [2.05, 4.69) is 40.6 Å². The molecule has 0 saturated heterocycles. The molecule has 3 rings (SSSR count). The van der Waals surface area contributed by atoms with Crippen molar-refractivity contribution in [2.24, 2.45) is 4.99 Å². The van der Waals surface area contributed by atoms with Crippen LogP contribution in [0, 0.1) is 12.3 Å². The van der Waals surface area contributed by atoms with Crippen molar-refractivity contribution in [2.45, 2.75) is 44.8 Å². The van der Waals surface area contributed by atoms with E-state index in [1.54, 1.807) is 7.05 Å². The van der Waals surface area contributed by atoms with Crippen molar-refractivity contribution < 1.29 is 9.47 Å². The molecule has 0 radical (unpaired) electrons. The molecule has 2 N–H and O–H groups in total. The molecule has 136 valence electrons. The predicted molar refractivity (Wildman–Crippen MR) is 111 cm³/mol. The van der Waals surface area contributed by atoms with Gasteiger partial charge in [-0.15, -0.1) is 30.4 Å². The Labute approximate surface area is 167 Å². The maximum Gasteiger partial charge on any atom is 0.191 e. The van der Waals surface area contributed by atoms with Crippen LogP contribution in [0.3, 0.4) is 0 Å². The number of ether oxygens (including phenoxy) is 2. The first kappa shape index (κ1) is 19.7. The van der Waals surface area contributed by atoms with Gasteiger partial charge in [-0.05, 0) is 32.4 Å². The van der Waals surface area contributed by atoms with E-state index < -0.39 is 0 Å². The summed E-state index contributed by atoms with van der Waals surface area (Å²) in [5, 5.41) is 6.51. The Balaban J connectivity index is 0.00000225. The van der Waals surface area contributed by atoms with E-state index in [1.165, 1.54) is 11.1 Å². The second-order valence-electron chi connectivity index (χ2n) is 6.29. The molecule has 1 saturated carbocycles. The van der Waals surface area contributed by atoms with Crippen molar-refractivity contribution in [3.05, 3.63) is 23.3 Å². The van der Waals surface area contributed by atoms with Crippen LogP contribution in [-0.2, 0) is 6.42 Å². The van der Waals surface area contributed by atoms with Gasteiger partial charge in [-0.1, -0.05) is 5.92 Å². The molecule has 1 aromatic carbocycles. The van der Waals surface area contributed by atoms with E-state index in [1.807, 2.05) is 6.92 Å². The quantitative estimate of drug-likeness (QED) is 0.310. The van der Waals surface area contributed by atoms with Crippen LogP contribution in [-0.4, -0.2) is 38.3 Å². The fourth-order valence-electron chi connectivity index (χ4n) is 3.23. The molecule has 5 nitrogen and oxygen atoms in total. The smallest absolute Gasteiger partial charge is 0.191 e. The highest BCUT2D eigenvalue weighted by Crippen LogP contribution is 2.48. The highest BCUT2D eigenvalue weighted by molar-refractivity contribution is 14.0. The lowest BCUT2D eigenvalue weighted by molar-refractivity contribution is 0.254. The molecular formula is C19H26IN3O2. The van der Waals surface area contributed by atoms with Gasteiger partial charge in [0.1, 0.15) is 17.6 Å². The highest BCUT2D eigenvalue weighted by atomic mass is 127. The predicted octanol–water partition coefficient (Wildman–Crippen LogP) is 2.68. The molecule has 3 unspecified atom stereocenters. The summed E-state index contributed by atoms with van der Waals surface area (Å²) in [6.45, 7) is 5.25. The van der Waals surface area contributed by atoms with Crippen LogP contribution in [0.25, 0.3) is 0 Å². The van der Waals surface area contributed by atoms with E-state index >= 15 is 0 Å². The lowest BCUT2D eigenvalue weighted by Gasteiger charge is -2.14. The minimum atomic E-state index is 0. The monoisotopic (exact) mass is 455 g/mol. The van der Waals surface area contributed by atoms with Gasteiger partial charge < -0.3 is 20.1 Å². The highest BCUT2D eigenvalue weighted by Gasteiger charge is 2.41. The molecule has 3 atom stereocenters. The molecule has 1 heterocycles. The van der Waals surface area contributed by atoms with Gasteiger partial charge in [0.05, 0.1) is 13.2 Å². The summed E-state index contributed by atoms with van der Waals surface area (Å²) in [5.41, 5.74) is 2.46. The fourth-order valence-corrected chi connectivity index (χ4v) is 3.23. The average Bonchev–Trinajstić information content (AvgIpc) is 3.23. The molecule has 0 bridgehead atoms. The number of halogens is 1. The summed E-state index contributed by atoms with van der Waals surface area (Å²) >= 11 is 0. The van der Waals surface area contributed by atoms with Gasteiger partial charge in [0.25, 0.3) is 0 Å². The molecule has 6 heteroatoms. The van der Waals surface area contributed by atoms with Crippen LogP contribution in [0.5, 0.6) is 11.5 Å². The lowest BCUT2D eigenvalue weighted by atomic mass is 10.0. The van der Waals surface area contributed by atoms with Gasteiger partial charge in [-0.25, -0.2) is 0 Å². The molecule has 0 spiro atoms. The van der Waals surface area contributed by atoms with Crippen molar-refractivity contribution in [1.29, 1.82) is 0 Å². The molecule has 1 fully saturated rings. The summed E-state index contributed by atoms with van der Waals surface area (Å²) in [5.74, 6) is 5.69. The van der Waals surface area contributed by atoms with Gasteiger partial charge >= 0.3 is 0 Å². The maximum absolute atomic E-state index is 5.91. The Morgan fingerprint density at radius 3 is 2.96 bits per heavy atom. The first-order valence-electron chi connectivity index (χ1n) is 8.53. The van der Waals surface area contributed by atoms with Crippen LogP contribution in [0.4, 0.5) is 0 Å². The standard InChI is InChI=1S/C19H25N3O2.HI/c1-5-7-21-19(20-4)22-16-10-14(16)15-11-17-13(8-12(3)24-17)9-18(15)23-6-2;/h1,9,11-12,14,16H,6-8,10H2,2-4H3,(H2,20,21,22);1H. The van der Waals surface area contributed by atoms with Crippen LogP contribution in [0.1, 0.15) is 37.3 Å². The molecular weight excluding hydrogens is 429 g/mol. The van der Waals surface area contributed by atoms with Crippen LogP contribution >= 0.6 is 24.0 Å². The molecule has 1 aromatic rings. The number of hydrogen-bond donors (Lipinski definition) is 2. The minimum Gasteiger partial charge on any atom is -0.494 e. The Morgan fingerprint density at radius 1 is 1.48 bits per heavy atom. The lowest BCUT2D eigenvalue weighted by Crippen LogP contribution is -2.39. The van der Waals surface area contributed by atoms with Crippen LogP contribution in [0.2, 0.25) is 0 Å². The van der Waals surface area contributed by atoms with Crippen LogP contribution in [0.15, 0.2) is 17.1 Å². The molecule has 0 aromatic heterocycles. The first-order chi connectivity index (χ1) is 11.7. The number of aliphatic imine (C=N–C) groups is 1. The van der Waals surface area contributed by atoms with Gasteiger partial charge in [-0.2, -0.15) is 0 Å². The summed E-state index contributed by atoms with van der Waals surface area (Å²) < 4.78 is 11.8. The Hall–Kier alpha value is -1.62. The number of guanidine groups is 1. The molecule has 2 aliphatic rings. The van der Waals surface area contributed by atoms with E-state index in [4.69, 9.17) is 15.9 Å². The summed E-state index contributed by atoms with van der Waals surface area (Å²) in [7, 11) is 1.75. The Morgan fingerprint density at radius 2 is 2.28 bits per heavy atom. The van der Waals surface area contributed by atoms with Crippen molar-refractivity contribution in [3.8, 4) is 23.8 Å². The van der Waals surface area contributed by atoms with E-state index in [-0.39, 0.29) is 30.1 Å². The number of fused-ring (bicyclic) bond motifs is 1. The second kappa shape index (κ2) is 8.65. The average molecular weight is 455 g/mol. The minimum absolute atomic E-state index is 0. The number of terminal acetylenes is 1. The summed E-state index contributed by atoms with van der Waals surface area (Å²) in [6.07, 6.45) is 7.52. The van der Waals surface area contributed by atoms with Crippen molar-refractivity contribution >= 4 is 29.9 Å². The van der Waals surface area contributed by atoms with E-state index in [0.29, 0.717) is 25.1 Å². The zero-order valence-corrected chi connectivity index (χ0v) is 17.3. The van der Waals surface area contributed by atoms with Crippen molar-refractivity contribution in [3.63, 3.8) is 0 Å². The summed E-state index contributed by atoms with van der Waals surface area (Å²) in [4.78, 5) is 4.20. The third-order valence-corrected chi connectivity index (χ3v) is 4.42. The van der Waals surface area contributed by atoms with Crippen molar-refractivity contribution in [2.75, 3.05) is 20.2 Å². The summed E-state index contributed by atoms with van der Waals surface area (Å²) in [6, 6.07) is 4.65. The van der Waals surface area contributed by atoms with Gasteiger partial charge in [0.2, 0.25) is 0 Å². The molecule has 1 aliphatic carbocycles. The molecule has 25 heavy (non-hydrogen) atoms. The number of benzene rings is 1. The number of rotatable bonds is 5. The van der Waals surface area contributed by atoms with Gasteiger partial charge in [-0.3, -0.25) is 4.99 Å². The fraction of sp³-hybridized carbons (Fsp3) is 0.526. The SMILES string of the molecule is C#CCNC(=NC)NC1CC1c1cc2c(cc1OCC)CC(C)O2.I. The van der Waals surface area contributed by atoms with Crippen molar-refractivity contribution in [1.82, 2.24) is 10.6 Å². The first-order valence-corrected chi connectivity index (χ1v) is 8.53. The number of nitrogens with one attached hydrogen (secondary N) is 2. The van der Waals surface area contributed by atoms with Crippen LogP contribution < -0.4 is 20.1 Å². The topological polar surface area (TPSA) is 54.9 Å². The molecule has 1 aliphatic heterocycles. The zero-order chi connectivity index (χ0) is 17.1.